The molecule has 208 valence electrons. The van der Waals surface area contributed by atoms with Crippen molar-refractivity contribution in [1.29, 1.82) is 5.41 Å². The first kappa shape index (κ1) is 29.6. The predicted molar refractivity (Wildman–Crippen MR) is 165 cm³/mol. The fourth-order valence-corrected chi connectivity index (χ4v) is 4.49. The van der Waals surface area contributed by atoms with Gasteiger partial charge in [-0.25, -0.2) is 0 Å². The minimum absolute atomic E-state index is 0.154. The Kier molecular flexibility index (Phi) is 9.92. The number of amides is 2. The van der Waals surface area contributed by atoms with Crippen LogP contribution in [0.15, 0.2) is 97.6 Å². The van der Waals surface area contributed by atoms with Gasteiger partial charge in [-0.2, -0.15) is 0 Å². The average molecular weight is 588 g/mol. The summed E-state index contributed by atoms with van der Waals surface area (Å²) in [6, 6.07) is 26.0. The van der Waals surface area contributed by atoms with Crippen LogP contribution in [-0.4, -0.2) is 24.2 Å². The molecule has 1 unspecified atom stereocenters. The van der Waals surface area contributed by atoms with Gasteiger partial charge >= 0.3 is 0 Å². The van der Waals surface area contributed by atoms with Gasteiger partial charge in [0.05, 0.1) is 16.0 Å². The van der Waals surface area contributed by atoms with E-state index in [2.05, 4.69) is 17.2 Å². The molecule has 0 bridgehead atoms. The lowest BCUT2D eigenvalue weighted by atomic mass is 9.94. The second kappa shape index (κ2) is 13.8. The van der Waals surface area contributed by atoms with Gasteiger partial charge in [0.15, 0.2) is 0 Å². The Balaban J connectivity index is 1.50. The highest BCUT2D eigenvalue weighted by Crippen LogP contribution is 2.29. The van der Waals surface area contributed by atoms with E-state index in [1.807, 2.05) is 30.3 Å². The first-order valence-electron chi connectivity index (χ1n) is 12.7. The maximum atomic E-state index is 13.3. The highest BCUT2D eigenvalue weighted by molar-refractivity contribution is 6.42. The van der Waals surface area contributed by atoms with Gasteiger partial charge in [-0.1, -0.05) is 72.3 Å². The normalized spacial score (nSPS) is 11.3. The zero-order valence-corrected chi connectivity index (χ0v) is 23.5. The first-order valence-corrected chi connectivity index (χ1v) is 13.5. The highest BCUT2D eigenvalue weighted by atomic mass is 35.5. The molecule has 4 rings (SSSR count). The molecule has 0 radical (unpaired) electrons. The lowest BCUT2D eigenvalue weighted by molar-refractivity contribution is -0.117. The molecule has 0 spiro atoms. The number of rotatable bonds is 10. The molecule has 41 heavy (non-hydrogen) atoms. The number of benzene rings is 4. The lowest BCUT2D eigenvalue weighted by Crippen LogP contribution is -2.31. The average Bonchev–Trinajstić information content (AvgIpc) is 2.98. The maximum absolute atomic E-state index is 13.3. The standard InChI is InChI=1S/C32H28Cl2N4O3/c1-2-20-11-13-23(37-32(40)26(15-16-35)21-12-14-28(33)29(34)18-21)19-27(20)30(36)38-31(39)22-7-6-10-25(17-22)41-24-8-4-3-5-9-24/h2-14,17-19,26H,1,15-16,35H2,(H,37,40)(H2,36,38,39). The number of hydrogen-bond acceptors (Lipinski definition) is 5. The largest absolute Gasteiger partial charge is 0.457 e. The molecule has 0 saturated carbocycles. The summed E-state index contributed by atoms with van der Waals surface area (Å²) in [6.07, 6.45) is 1.96. The smallest absolute Gasteiger partial charge is 0.256 e. The molecular formula is C32H28Cl2N4O3. The van der Waals surface area contributed by atoms with Crippen molar-refractivity contribution < 1.29 is 14.3 Å². The number of halogens is 2. The van der Waals surface area contributed by atoms with E-state index in [0.717, 1.165) is 0 Å². The summed E-state index contributed by atoms with van der Waals surface area (Å²) in [7, 11) is 0. The van der Waals surface area contributed by atoms with Crippen molar-refractivity contribution in [3.8, 4) is 11.5 Å². The van der Waals surface area contributed by atoms with Gasteiger partial charge in [-0.3, -0.25) is 15.0 Å². The van der Waals surface area contributed by atoms with Crippen LogP contribution in [0.2, 0.25) is 10.0 Å². The quantitative estimate of drug-likeness (QED) is 0.115. The number of ether oxygens (including phenoxy) is 1. The molecule has 5 N–H and O–H groups in total. The van der Waals surface area contributed by atoms with Crippen LogP contribution in [-0.2, 0) is 4.79 Å². The maximum Gasteiger partial charge on any atom is 0.256 e. The minimum Gasteiger partial charge on any atom is -0.457 e. The van der Waals surface area contributed by atoms with Crippen molar-refractivity contribution in [3.63, 3.8) is 0 Å². The van der Waals surface area contributed by atoms with E-state index in [4.69, 9.17) is 39.1 Å². The number of carbonyl (C=O) groups is 2. The van der Waals surface area contributed by atoms with Crippen LogP contribution >= 0.6 is 23.2 Å². The van der Waals surface area contributed by atoms with Gasteiger partial charge in [0.25, 0.3) is 5.91 Å². The molecule has 0 fully saturated rings. The SMILES string of the molecule is C=Cc1ccc(NC(=O)C(CCN)c2ccc(Cl)c(Cl)c2)cc1C(=N)NC(=O)c1cccc(Oc2ccccc2)c1. The third-order valence-electron chi connectivity index (χ3n) is 6.24. The van der Waals surface area contributed by atoms with E-state index < -0.39 is 11.8 Å². The molecule has 0 aliphatic carbocycles. The molecule has 4 aromatic carbocycles. The Hall–Kier alpha value is -4.43. The van der Waals surface area contributed by atoms with Gasteiger partial charge in [0, 0.05) is 16.8 Å². The van der Waals surface area contributed by atoms with E-state index in [0.29, 0.717) is 55.9 Å². The van der Waals surface area contributed by atoms with Gasteiger partial charge in [0.1, 0.15) is 17.3 Å². The second-order valence-electron chi connectivity index (χ2n) is 9.07. The fraction of sp³-hybridized carbons (Fsp3) is 0.0938. The summed E-state index contributed by atoms with van der Waals surface area (Å²) < 4.78 is 5.82. The predicted octanol–water partition coefficient (Wildman–Crippen LogP) is 7.26. The Labute approximate surface area is 248 Å². The molecule has 0 aromatic heterocycles. The molecule has 4 aromatic rings. The van der Waals surface area contributed by atoms with Crippen molar-refractivity contribution in [2.24, 2.45) is 5.73 Å². The summed E-state index contributed by atoms with van der Waals surface area (Å²) in [4.78, 5) is 26.3. The van der Waals surface area contributed by atoms with Crippen LogP contribution < -0.4 is 21.1 Å². The van der Waals surface area contributed by atoms with Crippen molar-refractivity contribution in [3.05, 3.63) is 130 Å². The second-order valence-corrected chi connectivity index (χ2v) is 9.89. The molecule has 7 nitrogen and oxygen atoms in total. The summed E-state index contributed by atoms with van der Waals surface area (Å²) >= 11 is 12.2. The summed E-state index contributed by atoms with van der Waals surface area (Å²) in [5.74, 6) is -0.376. The number of amidine groups is 1. The highest BCUT2D eigenvalue weighted by Gasteiger charge is 2.22. The van der Waals surface area contributed by atoms with Crippen LogP contribution in [0.3, 0.4) is 0 Å². The summed E-state index contributed by atoms with van der Waals surface area (Å²) in [5.41, 5.74) is 8.22. The molecular weight excluding hydrogens is 559 g/mol. The van der Waals surface area contributed by atoms with Crippen molar-refractivity contribution in [2.45, 2.75) is 12.3 Å². The van der Waals surface area contributed by atoms with Crippen LogP contribution in [0, 0.1) is 5.41 Å². The Bertz CT molecular complexity index is 1590. The number of anilines is 1. The summed E-state index contributed by atoms with van der Waals surface area (Å²) in [5, 5.41) is 14.9. The van der Waals surface area contributed by atoms with E-state index in [-0.39, 0.29) is 18.3 Å². The number of hydrogen-bond donors (Lipinski definition) is 4. The molecule has 0 aliphatic rings. The molecule has 2 amide bonds. The topological polar surface area (TPSA) is 117 Å². The number of nitrogens with one attached hydrogen (secondary N) is 3. The van der Waals surface area contributed by atoms with E-state index >= 15 is 0 Å². The Morgan fingerprint density at radius 3 is 2.39 bits per heavy atom. The molecule has 1 atom stereocenters. The van der Waals surface area contributed by atoms with Crippen LogP contribution in [0.1, 0.15) is 39.4 Å². The zero-order valence-electron chi connectivity index (χ0n) is 22.0. The van der Waals surface area contributed by atoms with E-state index in [1.165, 1.54) is 0 Å². The zero-order chi connectivity index (χ0) is 29.4. The Morgan fingerprint density at radius 2 is 1.68 bits per heavy atom. The van der Waals surface area contributed by atoms with Crippen molar-refractivity contribution in [1.82, 2.24) is 5.32 Å². The van der Waals surface area contributed by atoms with Crippen LogP contribution in [0.4, 0.5) is 5.69 Å². The number of carbonyl (C=O) groups excluding carboxylic acids is 2. The van der Waals surface area contributed by atoms with Crippen LogP contribution in [0.25, 0.3) is 6.08 Å². The first-order chi connectivity index (χ1) is 19.8. The fourth-order valence-electron chi connectivity index (χ4n) is 4.18. The van der Waals surface area contributed by atoms with Crippen molar-refractivity contribution in [2.75, 3.05) is 11.9 Å². The number of para-hydroxylation sites is 1. The van der Waals surface area contributed by atoms with Crippen molar-refractivity contribution >= 4 is 52.6 Å². The van der Waals surface area contributed by atoms with Gasteiger partial charge in [-0.05, 0) is 78.7 Å². The number of nitrogens with two attached hydrogens (primary N) is 1. The minimum atomic E-state index is -0.568. The Morgan fingerprint density at radius 1 is 0.927 bits per heavy atom. The third kappa shape index (κ3) is 7.61. The molecule has 0 heterocycles. The summed E-state index contributed by atoms with van der Waals surface area (Å²) in [6.45, 7) is 4.10. The van der Waals surface area contributed by atoms with E-state index in [9.17, 15) is 9.59 Å². The van der Waals surface area contributed by atoms with E-state index in [1.54, 1.807) is 66.7 Å². The molecule has 0 aliphatic heterocycles. The van der Waals surface area contributed by atoms with Gasteiger partial charge < -0.3 is 21.1 Å². The third-order valence-corrected chi connectivity index (χ3v) is 6.98. The van der Waals surface area contributed by atoms with Gasteiger partial charge in [0.2, 0.25) is 5.91 Å². The monoisotopic (exact) mass is 586 g/mol. The molecule has 9 heteroatoms. The molecule has 0 saturated heterocycles. The van der Waals surface area contributed by atoms with Crippen LogP contribution in [0.5, 0.6) is 11.5 Å². The lowest BCUT2D eigenvalue weighted by Gasteiger charge is -2.18. The van der Waals surface area contributed by atoms with Gasteiger partial charge in [-0.15, -0.1) is 0 Å².